The molecular formula is C18H14F2N2O3S. The molecule has 1 atom stereocenters. The highest BCUT2D eigenvalue weighted by atomic mass is 32.2. The SMILES string of the molecule is C[C@H](Oc1ccc(F)cc1)c1nnc(SCC(=O)c2cccc(F)c2)o1. The lowest BCUT2D eigenvalue weighted by atomic mass is 10.1. The first-order valence-electron chi connectivity index (χ1n) is 7.68. The van der Waals surface area contributed by atoms with Gasteiger partial charge in [-0.2, -0.15) is 0 Å². The lowest BCUT2D eigenvalue weighted by molar-refractivity contribution is 0.102. The summed E-state index contributed by atoms with van der Waals surface area (Å²) < 4.78 is 37.1. The smallest absolute Gasteiger partial charge is 0.277 e. The van der Waals surface area contributed by atoms with Crippen molar-refractivity contribution >= 4 is 17.5 Å². The monoisotopic (exact) mass is 376 g/mol. The van der Waals surface area contributed by atoms with Gasteiger partial charge in [0, 0.05) is 5.56 Å². The van der Waals surface area contributed by atoms with E-state index in [0.29, 0.717) is 5.75 Å². The molecule has 8 heteroatoms. The van der Waals surface area contributed by atoms with Crippen LogP contribution in [0, 0.1) is 11.6 Å². The lowest BCUT2D eigenvalue weighted by Gasteiger charge is -2.10. The second-order valence-corrected chi connectivity index (χ2v) is 6.27. The van der Waals surface area contributed by atoms with Crippen LogP contribution in [0.3, 0.4) is 0 Å². The number of nitrogens with zero attached hydrogens (tertiary/aromatic N) is 2. The third-order valence-corrected chi connectivity index (χ3v) is 4.19. The molecule has 0 unspecified atom stereocenters. The molecule has 0 radical (unpaired) electrons. The highest BCUT2D eigenvalue weighted by Crippen LogP contribution is 2.24. The Labute approximate surface area is 152 Å². The predicted octanol–water partition coefficient (Wildman–Crippen LogP) is 4.46. The number of thioether (sulfide) groups is 1. The Balaban J connectivity index is 1.57. The summed E-state index contributed by atoms with van der Waals surface area (Å²) in [5.41, 5.74) is 0.283. The average molecular weight is 376 g/mol. The van der Waals surface area contributed by atoms with E-state index in [1.165, 1.54) is 42.5 Å². The molecule has 0 N–H and O–H groups in total. The van der Waals surface area contributed by atoms with Crippen molar-refractivity contribution in [2.24, 2.45) is 0 Å². The third-order valence-electron chi connectivity index (χ3n) is 3.37. The van der Waals surface area contributed by atoms with E-state index >= 15 is 0 Å². The minimum Gasteiger partial charge on any atom is -0.481 e. The Morgan fingerprint density at radius 1 is 1.15 bits per heavy atom. The van der Waals surface area contributed by atoms with Gasteiger partial charge in [-0.15, -0.1) is 10.2 Å². The minimum absolute atomic E-state index is 0.0400. The fourth-order valence-electron chi connectivity index (χ4n) is 2.08. The highest BCUT2D eigenvalue weighted by Gasteiger charge is 2.17. The Morgan fingerprint density at radius 2 is 1.92 bits per heavy atom. The molecule has 1 aromatic heterocycles. The van der Waals surface area contributed by atoms with Gasteiger partial charge in [-0.25, -0.2) is 8.78 Å². The van der Waals surface area contributed by atoms with E-state index in [2.05, 4.69) is 10.2 Å². The van der Waals surface area contributed by atoms with Crippen LogP contribution in [0.25, 0.3) is 0 Å². The lowest BCUT2D eigenvalue weighted by Crippen LogP contribution is -2.03. The maximum absolute atomic E-state index is 13.1. The topological polar surface area (TPSA) is 65.2 Å². The molecule has 26 heavy (non-hydrogen) atoms. The standard InChI is InChI=1S/C18H14F2N2O3S/c1-11(24-15-7-5-13(19)6-8-15)17-21-22-18(25-17)26-10-16(23)12-3-2-4-14(20)9-12/h2-9,11H,10H2,1H3/t11-/m0/s1. The van der Waals surface area contributed by atoms with Crippen molar-refractivity contribution in [2.45, 2.75) is 18.3 Å². The van der Waals surface area contributed by atoms with E-state index in [1.807, 2.05) is 0 Å². The molecule has 134 valence electrons. The Hall–Kier alpha value is -2.74. The van der Waals surface area contributed by atoms with Crippen LogP contribution in [0.4, 0.5) is 8.78 Å². The summed E-state index contributed by atoms with van der Waals surface area (Å²) in [6.07, 6.45) is -0.541. The molecule has 0 bridgehead atoms. The number of halogens is 2. The maximum atomic E-state index is 13.1. The molecule has 3 aromatic rings. The number of ether oxygens (including phenoxy) is 1. The number of benzene rings is 2. The second kappa shape index (κ2) is 8.09. The number of hydrogen-bond donors (Lipinski definition) is 0. The predicted molar refractivity (Wildman–Crippen MR) is 91.2 cm³/mol. The van der Waals surface area contributed by atoms with E-state index in [0.717, 1.165) is 11.8 Å². The van der Waals surface area contributed by atoms with Crippen LogP contribution in [0.5, 0.6) is 5.75 Å². The van der Waals surface area contributed by atoms with Gasteiger partial charge in [0.1, 0.15) is 17.4 Å². The quantitative estimate of drug-likeness (QED) is 0.448. The molecule has 0 spiro atoms. The van der Waals surface area contributed by atoms with Crippen molar-refractivity contribution in [2.75, 3.05) is 5.75 Å². The number of hydrogen-bond acceptors (Lipinski definition) is 6. The van der Waals surface area contributed by atoms with Crippen molar-refractivity contribution in [1.29, 1.82) is 0 Å². The third kappa shape index (κ3) is 4.66. The van der Waals surface area contributed by atoms with Gasteiger partial charge >= 0.3 is 0 Å². The first-order chi connectivity index (χ1) is 12.5. The number of carbonyl (C=O) groups excluding carboxylic acids is 1. The van der Waals surface area contributed by atoms with Gasteiger partial charge in [-0.1, -0.05) is 23.9 Å². The van der Waals surface area contributed by atoms with Crippen molar-refractivity contribution < 1.29 is 22.7 Å². The molecular weight excluding hydrogens is 362 g/mol. The summed E-state index contributed by atoms with van der Waals surface area (Å²) >= 11 is 1.06. The van der Waals surface area contributed by atoms with Crippen molar-refractivity contribution in [1.82, 2.24) is 10.2 Å². The van der Waals surface area contributed by atoms with Crippen LogP contribution in [0.2, 0.25) is 0 Å². The zero-order chi connectivity index (χ0) is 18.5. The van der Waals surface area contributed by atoms with Crippen LogP contribution in [0.1, 0.15) is 29.3 Å². The molecule has 0 aliphatic rings. The summed E-state index contributed by atoms with van der Waals surface area (Å²) in [7, 11) is 0. The van der Waals surface area contributed by atoms with Crippen LogP contribution in [0.15, 0.2) is 58.2 Å². The Kier molecular flexibility index (Phi) is 5.62. The van der Waals surface area contributed by atoms with Crippen molar-refractivity contribution in [3.05, 3.63) is 71.6 Å². The number of aromatic nitrogens is 2. The number of Topliss-reactive ketones (excluding diaryl/α,β-unsaturated/α-hetero) is 1. The number of carbonyl (C=O) groups is 1. The molecule has 0 aliphatic heterocycles. The summed E-state index contributed by atoms with van der Waals surface area (Å²) in [5, 5.41) is 7.95. The van der Waals surface area contributed by atoms with Gasteiger partial charge in [0.2, 0.25) is 0 Å². The van der Waals surface area contributed by atoms with Gasteiger partial charge in [-0.3, -0.25) is 4.79 Å². The maximum Gasteiger partial charge on any atom is 0.277 e. The largest absolute Gasteiger partial charge is 0.481 e. The van der Waals surface area contributed by atoms with Crippen LogP contribution < -0.4 is 4.74 Å². The van der Waals surface area contributed by atoms with Gasteiger partial charge in [-0.05, 0) is 43.3 Å². The van der Waals surface area contributed by atoms with Crippen LogP contribution in [-0.4, -0.2) is 21.7 Å². The normalized spacial score (nSPS) is 12.0. The van der Waals surface area contributed by atoms with Crippen LogP contribution >= 0.6 is 11.8 Å². The summed E-state index contributed by atoms with van der Waals surface area (Å²) in [6, 6.07) is 11.0. The second-order valence-electron chi connectivity index (χ2n) is 5.34. The minimum atomic E-state index is -0.541. The average Bonchev–Trinajstić information content (AvgIpc) is 3.11. The number of ketones is 1. The Morgan fingerprint density at radius 3 is 2.65 bits per heavy atom. The Bertz CT molecular complexity index is 899. The van der Waals surface area contributed by atoms with Gasteiger partial charge in [0.15, 0.2) is 11.9 Å². The fourth-order valence-corrected chi connectivity index (χ4v) is 2.75. The van der Waals surface area contributed by atoms with Gasteiger partial charge in [0.25, 0.3) is 11.1 Å². The van der Waals surface area contributed by atoms with Crippen molar-refractivity contribution in [3.8, 4) is 5.75 Å². The molecule has 0 aliphatic carbocycles. The zero-order valence-electron chi connectivity index (χ0n) is 13.7. The molecule has 0 amide bonds. The van der Waals surface area contributed by atoms with E-state index in [4.69, 9.17) is 9.15 Å². The zero-order valence-corrected chi connectivity index (χ0v) is 14.5. The van der Waals surface area contributed by atoms with Gasteiger partial charge < -0.3 is 9.15 Å². The molecule has 1 heterocycles. The van der Waals surface area contributed by atoms with Crippen LogP contribution in [-0.2, 0) is 0 Å². The molecule has 2 aromatic carbocycles. The fraction of sp³-hybridized carbons (Fsp3) is 0.167. The van der Waals surface area contributed by atoms with Crippen molar-refractivity contribution in [3.63, 3.8) is 0 Å². The first kappa shape index (κ1) is 18.1. The number of rotatable bonds is 7. The molecule has 0 saturated heterocycles. The summed E-state index contributed by atoms with van der Waals surface area (Å²) in [4.78, 5) is 12.0. The molecule has 0 saturated carbocycles. The van der Waals surface area contributed by atoms with Gasteiger partial charge in [0.05, 0.1) is 5.75 Å². The summed E-state index contributed by atoms with van der Waals surface area (Å²) in [6.45, 7) is 1.71. The van der Waals surface area contributed by atoms with E-state index in [9.17, 15) is 13.6 Å². The van der Waals surface area contributed by atoms with E-state index < -0.39 is 11.9 Å². The first-order valence-corrected chi connectivity index (χ1v) is 8.67. The van der Waals surface area contributed by atoms with E-state index in [-0.39, 0.29) is 34.0 Å². The molecule has 5 nitrogen and oxygen atoms in total. The molecule has 3 rings (SSSR count). The van der Waals surface area contributed by atoms with E-state index in [1.54, 1.807) is 13.0 Å². The summed E-state index contributed by atoms with van der Waals surface area (Å²) in [5.74, 6) is -0.331. The highest BCUT2D eigenvalue weighted by molar-refractivity contribution is 7.99. The molecule has 0 fully saturated rings.